The molecule has 0 heterocycles. The van der Waals surface area contributed by atoms with E-state index < -0.39 is 0 Å². The van der Waals surface area contributed by atoms with Crippen LogP contribution in [0, 0.1) is 6.92 Å². The van der Waals surface area contributed by atoms with Gasteiger partial charge in [-0.25, -0.2) is 0 Å². The number of anilines is 2. The van der Waals surface area contributed by atoms with Gasteiger partial charge in [-0.05, 0) is 61.0 Å². The smallest absolute Gasteiger partial charge is 0.262 e. The van der Waals surface area contributed by atoms with Crippen molar-refractivity contribution < 1.29 is 9.53 Å². The summed E-state index contributed by atoms with van der Waals surface area (Å²) < 4.78 is 5.43. The van der Waals surface area contributed by atoms with Crippen LogP contribution in [0.3, 0.4) is 0 Å². The molecule has 3 aromatic carbocycles. The van der Waals surface area contributed by atoms with Crippen molar-refractivity contribution in [1.29, 1.82) is 0 Å². The van der Waals surface area contributed by atoms with Crippen LogP contribution in [-0.2, 0) is 11.3 Å². The Hall–Kier alpha value is -2.98. The molecule has 0 bridgehead atoms. The Bertz CT molecular complexity index is 893. The quantitative estimate of drug-likeness (QED) is 0.586. The molecule has 0 atom stereocenters. The van der Waals surface area contributed by atoms with Crippen LogP contribution in [0.25, 0.3) is 0 Å². The Morgan fingerprint density at radius 1 is 0.963 bits per heavy atom. The van der Waals surface area contributed by atoms with Crippen molar-refractivity contribution in [1.82, 2.24) is 0 Å². The molecule has 0 fully saturated rings. The summed E-state index contributed by atoms with van der Waals surface area (Å²) in [5.74, 6) is 0.385. The molecular weight excluding hydrogens is 360 g/mol. The van der Waals surface area contributed by atoms with E-state index in [1.165, 1.54) is 11.1 Å². The number of nitrogens with one attached hydrogen (secondary N) is 2. The number of carbonyl (C=O) groups is 1. The first-order valence-electron chi connectivity index (χ1n) is 8.66. The number of hydrogen-bond acceptors (Lipinski definition) is 3. The minimum absolute atomic E-state index is 0.0605. The standard InChI is InChI=1S/C22H21ClN2O2/c1-16-3-2-4-17(13-16)14-24-19-7-9-20(10-8-19)25-22(26)15-27-21-11-5-18(23)6-12-21/h2-13,24H,14-15H2,1H3,(H,25,26). The van der Waals surface area contributed by atoms with Gasteiger partial charge in [0.1, 0.15) is 5.75 Å². The third-order valence-corrected chi connectivity index (χ3v) is 4.18. The average molecular weight is 381 g/mol. The highest BCUT2D eigenvalue weighted by molar-refractivity contribution is 6.30. The highest BCUT2D eigenvalue weighted by Crippen LogP contribution is 2.17. The van der Waals surface area contributed by atoms with E-state index in [0.29, 0.717) is 10.8 Å². The number of ether oxygens (including phenoxy) is 1. The van der Waals surface area contributed by atoms with Gasteiger partial charge in [-0.15, -0.1) is 0 Å². The van der Waals surface area contributed by atoms with Crippen LogP contribution in [0.4, 0.5) is 11.4 Å². The van der Waals surface area contributed by atoms with Crippen molar-refractivity contribution in [2.45, 2.75) is 13.5 Å². The predicted octanol–water partition coefficient (Wildman–Crippen LogP) is 5.28. The molecule has 4 nitrogen and oxygen atoms in total. The molecule has 0 spiro atoms. The Morgan fingerprint density at radius 2 is 1.67 bits per heavy atom. The van der Waals surface area contributed by atoms with E-state index in [-0.39, 0.29) is 12.5 Å². The first kappa shape index (κ1) is 18.8. The summed E-state index contributed by atoms with van der Waals surface area (Å²) in [7, 11) is 0. The summed E-state index contributed by atoms with van der Waals surface area (Å²) in [4.78, 5) is 12.0. The molecule has 0 unspecified atom stereocenters. The van der Waals surface area contributed by atoms with Gasteiger partial charge in [-0.1, -0.05) is 41.4 Å². The van der Waals surface area contributed by atoms with Crippen LogP contribution in [0.2, 0.25) is 5.02 Å². The van der Waals surface area contributed by atoms with Crippen LogP contribution in [-0.4, -0.2) is 12.5 Å². The van der Waals surface area contributed by atoms with E-state index >= 15 is 0 Å². The van der Waals surface area contributed by atoms with Crippen LogP contribution in [0.1, 0.15) is 11.1 Å². The molecule has 0 aliphatic rings. The number of rotatable bonds is 7. The summed E-state index contributed by atoms with van der Waals surface area (Å²) in [6.45, 7) is 2.77. The van der Waals surface area contributed by atoms with E-state index in [1.807, 2.05) is 24.3 Å². The van der Waals surface area contributed by atoms with Crippen molar-refractivity contribution in [3.63, 3.8) is 0 Å². The third kappa shape index (κ3) is 6.04. The summed E-state index contributed by atoms with van der Waals surface area (Å²) >= 11 is 5.82. The Balaban J connectivity index is 1.46. The van der Waals surface area contributed by atoms with Gasteiger partial charge in [-0.2, -0.15) is 0 Å². The molecule has 0 aliphatic heterocycles. The lowest BCUT2D eigenvalue weighted by atomic mass is 10.1. The van der Waals surface area contributed by atoms with Crippen molar-refractivity contribution in [3.05, 3.63) is 88.9 Å². The van der Waals surface area contributed by atoms with E-state index in [1.54, 1.807) is 24.3 Å². The first-order valence-corrected chi connectivity index (χ1v) is 9.04. The fraction of sp³-hybridized carbons (Fsp3) is 0.136. The molecule has 3 aromatic rings. The summed E-state index contributed by atoms with van der Waals surface area (Å²) in [6.07, 6.45) is 0. The lowest BCUT2D eigenvalue weighted by molar-refractivity contribution is -0.118. The number of amides is 1. The van der Waals surface area contributed by atoms with Gasteiger partial charge in [0.2, 0.25) is 0 Å². The molecule has 3 rings (SSSR count). The van der Waals surface area contributed by atoms with Crippen LogP contribution in [0.15, 0.2) is 72.8 Å². The van der Waals surface area contributed by atoms with Crippen LogP contribution in [0.5, 0.6) is 5.75 Å². The Kier molecular flexibility index (Phi) is 6.34. The SMILES string of the molecule is Cc1cccc(CNc2ccc(NC(=O)COc3ccc(Cl)cc3)cc2)c1. The Labute approximate surface area is 164 Å². The molecule has 0 radical (unpaired) electrons. The molecule has 0 aliphatic carbocycles. The van der Waals surface area contributed by atoms with Crippen molar-refractivity contribution in [2.24, 2.45) is 0 Å². The van der Waals surface area contributed by atoms with Crippen LogP contribution >= 0.6 is 11.6 Å². The van der Waals surface area contributed by atoms with Gasteiger partial charge in [0.05, 0.1) is 0 Å². The molecule has 0 aromatic heterocycles. The minimum Gasteiger partial charge on any atom is -0.484 e. The molecule has 0 saturated carbocycles. The first-order chi connectivity index (χ1) is 13.1. The maximum atomic E-state index is 12.0. The monoisotopic (exact) mass is 380 g/mol. The molecule has 138 valence electrons. The second-order valence-corrected chi connectivity index (χ2v) is 6.65. The van der Waals surface area contributed by atoms with Crippen molar-refractivity contribution in [2.75, 3.05) is 17.2 Å². The Morgan fingerprint density at radius 3 is 2.37 bits per heavy atom. The normalized spacial score (nSPS) is 10.3. The average Bonchev–Trinajstić information content (AvgIpc) is 2.67. The lowest BCUT2D eigenvalue weighted by Crippen LogP contribution is -2.20. The maximum Gasteiger partial charge on any atom is 0.262 e. The molecule has 27 heavy (non-hydrogen) atoms. The third-order valence-electron chi connectivity index (χ3n) is 3.93. The number of hydrogen-bond donors (Lipinski definition) is 2. The van der Waals surface area contributed by atoms with Crippen LogP contribution < -0.4 is 15.4 Å². The van der Waals surface area contributed by atoms with E-state index in [0.717, 1.165) is 17.9 Å². The maximum absolute atomic E-state index is 12.0. The number of aryl methyl sites for hydroxylation is 1. The highest BCUT2D eigenvalue weighted by atomic mass is 35.5. The molecule has 1 amide bonds. The largest absolute Gasteiger partial charge is 0.484 e. The van der Waals surface area contributed by atoms with Crippen molar-refractivity contribution in [3.8, 4) is 5.75 Å². The van der Waals surface area contributed by atoms with E-state index in [4.69, 9.17) is 16.3 Å². The summed E-state index contributed by atoms with van der Waals surface area (Å²) in [5.41, 5.74) is 4.19. The second-order valence-electron chi connectivity index (χ2n) is 6.21. The molecule has 2 N–H and O–H groups in total. The van der Waals surface area contributed by atoms with Gasteiger partial charge in [0, 0.05) is 22.9 Å². The number of halogens is 1. The fourth-order valence-corrected chi connectivity index (χ4v) is 2.70. The second kappa shape index (κ2) is 9.10. The molecule has 0 saturated heterocycles. The molecular formula is C22H21ClN2O2. The summed E-state index contributed by atoms with van der Waals surface area (Å²) in [6, 6.07) is 22.9. The van der Waals surface area contributed by atoms with E-state index in [2.05, 4.69) is 41.8 Å². The van der Waals surface area contributed by atoms with E-state index in [9.17, 15) is 4.79 Å². The van der Waals surface area contributed by atoms with Gasteiger partial charge in [0.25, 0.3) is 5.91 Å². The highest BCUT2D eigenvalue weighted by Gasteiger charge is 2.04. The van der Waals surface area contributed by atoms with Gasteiger partial charge < -0.3 is 15.4 Å². The number of benzene rings is 3. The number of carbonyl (C=O) groups excluding carboxylic acids is 1. The zero-order chi connectivity index (χ0) is 19.1. The lowest BCUT2D eigenvalue weighted by Gasteiger charge is -2.10. The van der Waals surface area contributed by atoms with Gasteiger partial charge >= 0.3 is 0 Å². The van der Waals surface area contributed by atoms with Crippen molar-refractivity contribution >= 4 is 28.9 Å². The minimum atomic E-state index is -0.217. The summed E-state index contributed by atoms with van der Waals surface area (Å²) in [5, 5.41) is 6.81. The topological polar surface area (TPSA) is 50.4 Å². The predicted molar refractivity (Wildman–Crippen MR) is 111 cm³/mol. The zero-order valence-corrected chi connectivity index (χ0v) is 15.8. The fourth-order valence-electron chi connectivity index (χ4n) is 2.57. The van der Waals surface area contributed by atoms with Gasteiger partial charge in [-0.3, -0.25) is 4.79 Å². The molecule has 5 heteroatoms. The van der Waals surface area contributed by atoms with Gasteiger partial charge in [0.15, 0.2) is 6.61 Å². The zero-order valence-electron chi connectivity index (χ0n) is 15.0.